The highest BCUT2D eigenvalue weighted by atomic mass is 15.0. The van der Waals surface area contributed by atoms with E-state index in [2.05, 4.69) is 46.6 Å². The first-order chi connectivity index (χ1) is 12.2. The third kappa shape index (κ3) is 3.23. The van der Waals surface area contributed by atoms with Gasteiger partial charge >= 0.3 is 0 Å². The molecule has 25 heavy (non-hydrogen) atoms. The van der Waals surface area contributed by atoms with Gasteiger partial charge in [0.2, 0.25) is 0 Å². The predicted octanol–water partition coefficient (Wildman–Crippen LogP) is 5.72. The molecule has 0 unspecified atom stereocenters. The quantitative estimate of drug-likeness (QED) is 0.614. The number of hydrogen-bond acceptors (Lipinski definition) is 2. The average Bonchev–Trinajstić information content (AvgIpc) is 2.94. The first-order valence-corrected chi connectivity index (χ1v) is 9.30. The van der Waals surface area contributed by atoms with Gasteiger partial charge in [-0.3, -0.25) is 4.98 Å². The van der Waals surface area contributed by atoms with Gasteiger partial charge in [0.1, 0.15) is 0 Å². The highest BCUT2D eigenvalue weighted by Gasteiger charge is 2.19. The van der Waals surface area contributed by atoms with Gasteiger partial charge in [-0.05, 0) is 56.5 Å². The van der Waals surface area contributed by atoms with Crippen molar-refractivity contribution in [2.75, 3.05) is 0 Å². The SMILES string of the molecule is Cc1cc(/C=C/c2cnc3ccccc3n2)c(C)n1C1CCCCC1. The molecule has 3 heteroatoms. The van der Waals surface area contributed by atoms with Crippen molar-refractivity contribution in [1.82, 2.24) is 14.5 Å². The maximum absolute atomic E-state index is 4.68. The number of para-hydroxylation sites is 2. The van der Waals surface area contributed by atoms with Crippen molar-refractivity contribution in [1.29, 1.82) is 0 Å². The summed E-state index contributed by atoms with van der Waals surface area (Å²) in [7, 11) is 0. The number of nitrogens with zero attached hydrogens (tertiary/aromatic N) is 3. The lowest BCUT2D eigenvalue weighted by atomic mass is 9.95. The highest BCUT2D eigenvalue weighted by Crippen LogP contribution is 2.32. The van der Waals surface area contributed by atoms with Crippen LogP contribution in [0.5, 0.6) is 0 Å². The van der Waals surface area contributed by atoms with E-state index < -0.39 is 0 Å². The molecule has 0 radical (unpaired) electrons. The van der Waals surface area contributed by atoms with E-state index in [9.17, 15) is 0 Å². The molecule has 0 amide bonds. The molecule has 0 saturated heterocycles. The largest absolute Gasteiger partial charge is 0.346 e. The van der Waals surface area contributed by atoms with Gasteiger partial charge in [0.05, 0.1) is 22.9 Å². The Labute approximate surface area is 149 Å². The minimum atomic E-state index is 0.677. The minimum absolute atomic E-state index is 0.677. The van der Waals surface area contributed by atoms with E-state index in [1.165, 1.54) is 49.1 Å². The fraction of sp³-hybridized carbons (Fsp3) is 0.364. The molecule has 0 aliphatic heterocycles. The third-order valence-electron chi connectivity index (χ3n) is 5.36. The molecule has 128 valence electrons. The molecule has 1 fully saturated rings. The second-order valence-electron chi connectivity index (χ2n) is 7.11. The Kier molecular flexibility index (Phi) is 4.39. The third-order valence-corrected chi connectivity index (χ3v) is 5.36. The van der Waals surface area contributed by atoms with E-state index in [1.807, 2.05) is 30.5 Å². The van der Waals surface area contributed by atoms with Crippen LogP contribution >= 0.6 is 0 Å². The first kappa shape index (κ1) is 16.1. The van der Waals surface area contributed by atoms with Crippen molar-refractivity contribution in [3.63, 3.8) is 0 Å². The van der Waals surface area contributed by atoms with Crippen molar-refractivity contribution in [2.24, 2.45) is 0 Å². The lowest BCUT2D eigenvalue weighted by Gasteiger charge is -2.26. The summed E-state index contributed by atoms with van der Waals surface area (Å²) in [5, 5.41) is 0. The second kappa shape index (κ2) is 6.83. The zero-order chi connectivity index (χ0) is 17.2. The van der Waals surface area contributed by atoms with Gasteiger partial charge in [0.25, 0.3) is 0 Å². The van der Waals surface area contributed by atoms with Crippen LogP contribution in [0.1, 0.15) is 60.8 Å². The summed E-state index contributed by atoms with van der Waals surface area (Å²) < 4.78 is 2.55. The zero-order valence-electron chi connectivity index (χ0n) is 15.1. The van der Waals surface area contributed by atoms with Crippen LogP contribution in [0.2, 0.25) is 0 Å². The van der Waals surface area contributed by atoms with Crippen LogP contribution < -0.4 is 0 Å². The average molecular weight is 331 g/mol. The molecule has 0 spiro atoms. The van der Waals surface area contributed by atoms with Gasteiger partial charge in [-0.1, -0.05) is 37.5 Å². The number of aryl methyl sites for hydroxylation is 1. The van der Waals surface area contributed by atoms with Crippen molar-refractivity contribution in [3.8, 4) is 0 Å². The molecule has 0 bridgehead atoms. The number of hydrogen-bond donors (Lipinski definition) is 0. The molecule has 4 rings (SSSR count). The summed E-state index contributed by atoms with van der Waals surface area (Å²) >= 11 is 0. The van der Waals surface area contributed by atoms with E-state index in [-0.39, 0.29) is 0 Å². The Morgan fingerprint density at radius 1 is 1.00 bits per heavy atom. The van der Waals surface area contributed by atoms with Crippen LogP contribution in [0.15, 0.2) is 36.5 Å². The summed E-state index contributed by atoms with van der Waals surface area (Å²) in [5.74, 6) is 0. The summed E-state index contributed by atoms with van der Waals surface area (Å²) in [6.45, 7) is 4.47. The number of fused-ring (bicyclic) bond motifs is 1. The van der Waals surface area contributed by atoms with Gasteiger partial charge in [0, 0.05) is 17.4 Å². The maximum Gasteiger partial charge on any atom is 0.0894 e. The molecule has 2 heterocycles. The van der Waals surface area contributed by atoms with E-state index >= 15 is 0 Å². The fourth-order valence-corrected chi connectivity index (χ4v) is 4.10. The van der Waals surface area contributed by atoms with Gasteiger partial charge < -0.3 is 4.57 Å². The Morgan fingerprint density at radius 2 is 1.76 bits per heavy atom. The Morgan fingerprint density at radius 3 is 2.56 bits per heavy atom. The van der Waals surface area contributed by atoms with Gasteiger partial charge in [-0.2, -0.15) is 0 Å². The van der Waals surface area contributed by atoms with Gasteiger partial charge in [-0.25, -0.2) is 4.98 Å². The Balaban J connectivity index is 1.62. The molecular weight excluding hydrogens is 306 g/mol. The standard InChI is InChI=1S/C22H25N3/c1-16-14-18(17(2)25(16)20-8-4-3-5-9-20)12-13-19-15-23-21-10-6-7-11-22(21)24-19/h6-7,10-15,20H,3-5,8-9H2,1-2H3/b13-12+. The number of benzene rings is 1. The van der Waals surface area contributed by atoms with Crippen LogP contribution in [0, 0.1) is 13.8 Å². The maximum atomic E-state index is 4.68. The van der Waals surface area contributed by atoms with Crippen LogP contribution in [0.25, 0.3) is 23.2 Å². The van der Waals surface area contributed by atoms with Crippen LogP contribution in [-0.4, -0.2) is 14.5 Å². The monoisotopic (exact) mass is 331 g/mol. The topological polar surface area (TPSA) is 30.7 Å². The Bertz CT molecular complexity index is 914. The predicted molar refractivity (Wildman–Crippen MR) is 104 cm³/mol. The highest BCUT2D eigenvalue weighted by molar-refractivity contribution is 5.77. The molecule has 3 nitrogen and oxygen atoms in total. The van der Waals surface area contributed by atoms with Crippen molar-refractivity contribution in [3.05, 3.63) is 59.2 Å². The minimum Gasteiger partial charge on any atom is -0.346 e. The van der Waals surface area contributed by atoms with E-state index in [1.54, 1.807) is 0 Å². The summed E-state index contributed by atoms with van der Waals surface area (Å²) in [6.07, 6.45) is 12.8. The zero-order valence-corrected chi connectivity index (χ0v) is 15.1. The molecule has 1 aliphatic carbocycles. The van der Waals surface area contributed by atoms with Gasteiger partial charge in [0.15, 0.2) is 0 Å². The smallest absolute Gasteiger partial charge is 0.0894 e. The van der Waals surface area contributed by atoms with Crippen LogP contribution in [-0.2, 0) is 0 Å². The molecule has 1 saturated carbocycles. The van der Waals surface area contributed by atoms with Gasteiger partial charge in [-0.15, -0.1) is 0 Å². The molecule has 0 N–H and O–H groups in total. The normalized spacial score (nSPS) is 16.1. The van der Waals surface area contributed by atoms with Crippen LogP contribution in [0.4, 0.5) is 0 Å². The van der Waals surface area contributed by atoms with Crippen molar-refractivity contribution in [2.45, 2.75) is 52.0 Å². The molecule has 2 aromatic heterocycles. The number of rotatable bonds is 3. The molecular formula is C22H25N3. The van der Waals surface area contributed by atoms with Crippen molar-refractivity contribution >= 4 is 23.2 Å². The van der Waals surface area contributed by atoms with Crippen LogP contribution in [0.3, 0.4) is 0 Å². The van der Waals surface area contributed by atoms with E-state index in [0.717, 1.165) is 16.7 Å². The molecule has 1 aromatic carbocycles. The lowest BCUT2D eigenvalue weighted by molar-refractivity contribution is 0.346. The van der Waals surface area contributed by atoms with E-state index in [0.29, 0.717) is 6.04 Å². The summed E-state index contributed by atoms with van der Waals surface area (Å²) in [5.41, 5.74) is 6.81. The molecule has 1 aliphatic rings. The lowest BCUT2D eigenvalue weighted by Crippen LogP contribution is -2.15. The summed E-state index contributed by atoms with van der Waals surface area (Å²) in [4.78, 5) is 9.18. The molecule has 3 aromatic rings. The molecule has 0 atom stereocenters. The first-order valence-electron chi connectivity index (χ1n) is 9.30. The number of aromatic nitrogens is 3. The van der Waals surface area contributed by atoms with E-state index in [4.69, 9.17) is 0 Å². The fourth-order valence-electron chi connectivity index (χ4n) is 4.10. The second-order valence-corrected chi connectivity index (χ2v) is 7.11. The summed E-state index contributed by atoms with van der Waals surface area (Å²) in [6, 6.07) is 11.0. The Hall–Kier alpha value is -2.42. The van der Waals surface area contributed by atoms with Crippen molar-refractivity contribution < 1.29 is 0 Å².